The van der Waals surface area contributed by atoms with Gasteiger partial charge in [-0.05, 0) is 30.9 Å². The Bertz CT molecular complexity index is 421. The van der Waals surface area contributed by atoms with Gasteiger partial charge in [0.25, 0.3) is 0 Å². The lowest BCUT2D eigenvalue weighted by molar-refractivity contribution is -0.00188. The Morgan fingerprint density at radius 2 is 2.16 bits per heavy atom. The molecule has 1 aromatic rings. The van der Waals surface area contributed by atoms with Crippen molar-refractivity contribution in [3.63, 3.8) is 0 Å². The minimum Gasteiger partial charge on any atom is -0.379 e. The van der Waals surface area contributed by atoms with Gasteiger partial charge in [-0.3, -0.25) is 4.90 Å². The van der Waals surface area contributed by atoms with Crippen LogP contribution in [0.5, 0.6) is 0 Å². The maximum absolute atomic E-state index is 5.49. The van der Waals surface area contributed by atoms with E-state index in [9.17, 15) is 0 Å². The summed E-state index contributed by atoms with van der Waals surface area (Å²) in [6.07, 6.45) is 2.41. The lowest BCUT2D eigenvalue weighted by atomic mass is 9.94. The first kappa shape index (κ1) is 13.1. The zero-order valence-corrected chi connectivity index (χ0v) is 11.8. The molecule has 0 unspecified atom stereocenters. The molecule has 0 amide bonds. The van der Waals surface area contributed by atoms with Crippen molar-refractivity contribution < 1.29 is 4.74 Å². The number of morpholine rings is 1. The van der Waals surface area contributed by atoms with Crippen LogP contribution in [0.3, 0.4) is 0 Å². The van der Waals surface area contributed by atoms with Crippen LogP contribution in [0.4, 0.5) is 0 Å². The molecule has 104 valence electrons. The molecule has 0 aliphatic carbocycles. The van der Waals surface area contributed by atoms with E-state index in [1.165, 1.54) is 30.5 Å². The van der Waals surface area contributed by atoms with Crippen molar-refractivity contribution in [1.82, 2.24) is 10.2 Å². The molecule has 2 heterocycles. The van der Waals surface area contributed by atoms with Crippen molar-refractivity contribution in [3.8, 4) is 0 Å². The number of nitrogens with one attached hydrogen (secondary N) is 1. The van der Waals surface area contributed by atoms with E-state index in [1.807, 2.05) is 0 Å². The molecule has 1 saturated heterocycles. The number of ether oxygens (including phenoxy) is 1. The van der Waals surface area contributed by atoms with E-state index in [0.717, 1.165) is 26.3 Å². The largest absolute Gasteiger partial charge is 0.379 e. The summed E-state index contributed by atoms with van der Waals surface area (Å²) in [5, 5.41) is 3.67. The average molecular weight is 260 g/mol. The van der Waals surface area contributed by atoms with Gasteiger partial charge < -0.3 is 10.1 Å². The Kier molecular flexibility index (Phi) is 4.16. The highest BCUT2D eigenvalue weighted by Gasteiger charge is 2.22. The fourth-order valence-corrected chi connectivity index (χ4v) is 3.14. The van der Waals surface area contributed by atoms with Gasteiger partial charge in [0.15, 0.2) is 0 Å². The molecule has 0 saturated carbocycles. The van der Waals surface area contributed by atoms with Crippen molar-refractivity contribution in [3.05, 3.63) is 35.4 Å². The molecule has 3 heteroatoms. The van der Waals surface area contributed by atoms with E-state index in [4.69, 9.17) is 4.74 Å². The SMILES string of the molecule is C[C@H]1COCCN1CC[C@@H]1Cc2ccccc2CN1. The van der Waals surface area contributed by atoms with Gasteiger partial charge in [0.2, 0.25) is 0 Å². The van der Waals surface area contributed by atoms with Crippen molar-refractivity contribution in [2.24, 2.45) is 0 Å². The highest BCUT2D eigenvalue weighted by molar-refractivity contribution is 5.29. The Hall–Kier alpha value is -0.900. The predicted molar refractivity (Wildman–Crippen MR) is 77.2 cm³/mol. The molecule has 1 fully saturated rings. The van der Waals surface area contributed by atoms with Crippen LogP contribution in [-0.2, 0) is 17.7 Å². The van der Waals surface area contributed by atoms with Gasteiger partial charge >= 0.3 is 0 Å². The molecule has 0 bridgehead atoms. The molecule has 2 atom stereocenters. The molecule has 2 aliphatic heterocycles. The summed E-state index contributed by atoms with van der Waals surface area (Å²) in [6, 6.07) is 10.0. The fourth-order valence-electron chi connectivity index (χ4n) is 3.14. The molecule has 0 spiro atoms. The molecule has 0 radical (unpaired) electrons. The summed E-state index contributed by atoms with van der Waals surface area (Å²) in [4.78, 5) is 2.56. The summed E-state index contributed by atoms with van der Waals surface area (Å²) < 4.78 is 5.49. The average Bonchev–Trinajstić information content (AvgIpc) is 2.46. The lowest BCUT2D eigenvalue weighted by Crippen LogP contribution is -2.46. The van der Waals surface area contributed by atoms with Crippen LogP contribution in [0.25, 0.3) is 0 Å². The number of fused-ring (bicyclic) bond motifs is 1. The van der Waals surface area contributed by atoms with Crippen molar-refractivity contribution in [1.29, 1.82) is 0 Å². The van der Waals surface area contributed by atoms with Crippen molar-refractivity contribution in [2.75, 3.05) is 26.3 Å². The molecular formula is C16H24N2O. The number of nitrogens with zero attached hydrogens (tertiary/aromatic N) is 1. The summed E-state index contributed by atoms with van der Waals surface area (Å²) in [5.41, 5.74) is 3.00. The molecule has 1 N–H and O–H groups in total. The molecule has 3 nitrogen and oxygen atoms in total. The van der Waals surface area contributed by atoms with Gasteiger partial charge in [-0.25, -0.2) is 0 Å². The Morgan fingerprint density at radius 3 is 3.00 bits per heavy atom. The molecule has 0 aromatic heterocycles. The third-order valence-corrected chi connectivity index (χ3v) is 4.44. The van der Waals surface area contributed by atoms with Gasteiger partial charge in [0, 0.05) is 31.7 Å². The fraction of sp³-hybridized carbons (Fsp3) is 0.625. The van der Waals surface area contributed by atoms with Crippen LogP contribution in [0, 0.1) is 0 Å². The summed E-state index contributed by atoms with van der Waals surface area (Å²) in [6.45, 7) is 7.35. The smallest absolute Gasteiger partial charge is 0.0619 e. The second-order valence-electron chi connectivity index (χ2n) is 5.80. The molecule has 2 aliphatic rings. The second kappa shape index (κ2) is 6.04. The number of hydrogen-bond donors (Lipinski definition) is 1. The predicted octanol–water partition coefficient (Wildman–Crippen LogP) is 1.81. The van der Waals surface area contributed by atoms with Gasteiger partial charge in [-0.15, -0.1) is 0 Å². The highest BCUT2D eigenvalue weighted by Crippen LogP contribution is 2.18. The van der Waals surface area contributed by atoms with Crippen LogP contribution in [0.2, 0.25) is 0 Å². The van der Waals surface area contributed by atoms with Gasteiger partial charge in [0.1, 0.15) is 0 Å². The van der Waals surface area contributed by atoms with Gasteiger partial charge in [-0.1, -0.05) is 24.3 Å². The number of benzene rings is 1. The monoisotopic (exact) mass is 260 g/mol. The van der Waals surface area contributed by atoms with E-state index in [2.05, 4.69) is 41.4 Å². The van der Waals surface area contributed by atoms with Crippen LogP contribution >= 0.6 is 0 Å². The highest BCUT2D eigenvalue weighted by atomic mass is 16.5. The zero-order chi connectivity index (χ0) is 13.1. The van der Waals surface area contributed by atoms with E-state index < -0.39 is 0 Å². The molecule has 19 heavy (non-hydrogen) atoms. The molecular weight excluding hydrogens is 236 g/mol. The first-order chi connectivity index (χ1) is 9.33. The van der Waals surface area contributed by atoms with E-state index in [0.29, 0.717) is 12.1 Å². The van der Waals surface area contributed by atoms with Crippen molar-refractivity contribution >= 4 is 0 Å². The second-order valence-corrected chi connectivity index (χ2v) is 5.80. The maximum atomic E-state index is 5.49. The van der Waals surface area contributed by atoms with Crippen molar-refractivity contribution in [2.45, 2.75) is 38.4 Å². The van der Waals surface area contributed by atoms with Crippen LogP contribution in [-0.4, -0.2) is 43.3 Å². The van der Waals surface area contributed by atoms with E-state index in [1.54, 1.807) is 0 Å². The minimum absolute atomic E-state index is 0.574. The Morgan fingerprint density at radius 1 is 1.32 bits per heavy atom. The van der Waals surface area contributed by atoms with Crippen LogP contribution in [0.1, 0.15) is 24.5 Å². The first-order valence-electron chi connectivity index (χ1n) is 7.45. The first-order valence-corrected chi connectivity index (χ1v) is 7.45. The third kappa shape index (κ3) is 3.16. The number of rotatable bonds is 3. The van der Waals surface area contributed by atoms with E-state index >= 15 is 0 Å². The summed E-state index contributed by atoms with van der Waals surface area (Å²) >= 11 is 0. The Balaban J connectivity index is 1.52. The van der Waals surface area contributed by atoms with Crippen LogP contribution in [0.15, 0.2) is 24.3 Å². The Labute approximate surface area is 115 Å². The molecule has 3 rings (SSSR count). The zero-order valence-electron chi connectivity index (χ0n) is 11.8. The number of hydrogen-bond acceptors (Lipinski definition) is 3. The normalized spacial score (nSPS) is 28.1. The van der Waals surface area contributed by atoms with E-state index in [-0.39, 0.29) is 0 Å². The maximum Gasteiger partial charge on any atom is 0.0619 e. The minimum atomic E-state index is 0.574. The quantitative estimate of drug-likeness (QED) is 0.897. The topological polar surface area (TPSA) is 24.5 Å². The molecule has 1 aromatic carbocycles. The van der Waals surface area contributed by atoms with Gasteiger partial charge in [0.05, 0.1) is 13.2 Å². The lowest BCUT2D eigenvalue weighted by Gasteiger charge is -2.35. The van der Waals surface area contributed by atoms with Gasteiger partial charge in [-0.2, -0.15) is 0 Å². The standard InChI is InChI=1S/C16H24N2O/c1-13-12-19-9-8-18(13)7-6-16-10-14-4-2-3-5-15(14)11-17-16/h2-5,13,16-17H,6-12H2,1H3/t13-,16+/m0/s1. The third-order valence-electron chi connectivity index (χ3n) is 4.44. The summed E-state index contributed by atoms with van der Waals surface area (Å²) in [7, 11) is 0. The summed E-state index contributed by atoms with van der Waals surface area (Å²) in [5.74, 6) is 0. The van der Waals surface area contributed by atoms with Crippen LogP contribution < -0.4 is 5.32 Å².